The maximum absolute atomic E-state index is 12.2. The Bertz CT molecular complexity index is 712. The highest BCUT2D eigenvalue weighted by atomic mass is 32.1. The molecule has 7 nitrogen and oxygen atoms in total. The molecule has 0 spiro atoms. The van der Waals surface area contributed by atoms with Gasteiger partial charge in [-0.05, 0) is 24.8 Å². The van der Waals surface area contributed by atoms with Crippen molar-refractivity contribution >= 4 is 23.2 Å². The van der Waals surface area contributed by atoms with Crippen LogP contribution < -0.4 is 0 Å². The smallest absolute Gasteiger partial charge is 0.311 e. The van der Waals surface area contributed by atoms with Crippen LogP contribution in [0.3, 0.4) is 0 Å². The van der Waals surface area contributed by atoms with Gasteiger partial charge < -0.3 is 14.5 Å². The van der Waals surface area contributed by atoms with Gasteiger partial charge in [0, 0.05) is 36.9 Å². The number of carbonyl (C=O) groups excluding carboxylic acids is 1. The summed E-state index contributed by atoms with van der Waals surface area (Å²) >= 11 is 1.55. The van der Waals surface area contributed by atoms with Crippen LogP contribution in [-0.2, 0) is 16.0 Å². The normalized spacial score (nSPS) is 20.8. The first-order valence-corrected chi connectivity index (χ1v) is 8.28. The van der Waals surface area contributed by atoms with Gasteiger partial charge in [-0.2, -0.15) is 16.3 Å². The highest BCUT2D eigenvalue weighted by Gasteiger charge is 2.41. The molecule has 2 aromatic heterocycles. The van der Waals surface area contributed by atoms with E-state index in [9.17, 15) is 14.7 Å². The number of aromatic nitrogens is 2. The average Bonchev–Trinajstić information content (AvgIpc) is 3.25. The molecule has 0 radical (unpaired) electrons. The van der Waals surface area contributed by atoms with Crippen LogP contribution in [0.1, 0.15) is 25.7 Å². The molecule has 1 fully saturated rings. The van der Waals surface area contributed by atoms with E-state index in [0.717, 1.165) is 5.56 Å². The standard InChI is InChI=1S/C15H17N3O4S/c1-15(14(20)21)5-6-18(9-15)12(19)3-2-11-16-13(17-22-11)10-4-7-23-8-10/h4,7-8H,2-3,5-6,9H2,1H3,(H,20,21). The second-order valence-electron chi connectivity index (χ2n) is 5.95. The van der Waals surface area contributed by atoms with Crippen LogP contribution in [0, 0.1) is 5.41 Å². The zero-order valence-corrected chi connectivity index (χ0v) is 13.5. The van der Waals surface area contributed by atoms with Gasteiger partial charge in [0.05, 0.1) is 5.41 Å². The van der Waals surface area contributed by atoms with E-state index in [0.29, 0.717) is 31.1 Å². The molecule has 1 amide bonds. The third-order valence-electron chi connectivity index (χ3n) is 4.14. The van der Waals surface area contributed by atoms with Gasteiger partial charge in [0.1, 0.15) is 0 Å². The monoisotopic (exact) mass is 335 g/mol. The van der Waals surface area contributed by atoms with Crippen molar-refractivity contribution in [1.82, 2.24) is 15.0 Å². The van der Waals surface area contributed by atoms with E-state index in [2.05, 4.69) is 10.1 Å². The number of rotatable bonds is 5. The highest BCUT2D eigenvalue weighted by molar-refractivity contribution is 7.08. The van der Waals surface area contributed by atoms with Crippen molar-refractivity contribution in [2.75, 3.05) is 13.1 Å². The summed E-state index contributed by atoms with van der Waals surface area (Å²) in [6.45, 7) is 2.41. The Morgan fingerprint density at radius 2 is 2.35 bits per heavy atom. The summed E-state index contributed by atoms with van der Waals surface area (Å²) < 4.78 is 5.16. The Morgan fingerprint density at radius 3 is 3.00 bits per heavy atom. The maximum atomic E-state index is 12.2. The van der Waals surface area contributed by atoms with Crippen LogP contribution in [0.25, 0.3) is 11.4 Å². The van der Waals surface area contributed by atoms with Gasteiger partial charge in [0.15, 0.2) is 0 Å². The van der Waals surface area contributed by atoms with Gasteiger partial charge >= 0.3 is 5.97 Å². The number of nitrogens with zero attached hydrogens (tertiary/aromatic N) is 3. The molecule has 1 unspecified atom stereocenters. The molecule has 1 N–H and O–H groups in total. The van der Waals surface area contributed by atoms with E-state index in [1.807, 2.05) is 16.8 Å². The van der Waals surface area contributed by atoms with Crippen LogP contribution in [0.2, 0.25) is 0 Å². The molecule has 0 aromatic carbocycles. The molecule has 2 aromatic rings. The number of hydrogen-bond donors (Lipinski definition) is 1. The van der Waals surface area contributed by atoms with E-state index >= 15 is 0 Å². The lowest BCUT2D eigenvalue weighted by molar-refractivity contribution is -0.147. The molecule has 0 bridgehead atoms. The lowest BCUT2D eigenvalue weighted by Gasteiger charge is -2.19. The SMILES string of the molecule is CC1(C(=O)O)CCN(C(=O)CCc2nc(-c3ccsc3)no2)C1. The number of aliphatic carboxylic acids is 1. The summed E-state index contributed by atoms with van der Waals surface area (Å²) in [5.41, 5.74) is 0.0554. The fraction of sp³-hybridized carbons (Fsp3) is 0.467. The van der Waals surface area contributed by atoms with Crippen LogP contribution in [-0.4, -0.2) is 45.1 Å². The molecule has 0 aliphatic carbocycles. The number of carboxylic acids is 1. The van der Waals surface area contributed by atoms with Crippen LogP contribution in [0.4, 0.5) is 0 Å². The molecule has 3 heterocycles. The number of amides is 1. The first-order chi connectivity index (χ1) is 11.0. The first kappa shape index (κ1) is 15.7. The molecule has 1 saturated heterocycles. The van der Waals surface area contributed by atoms with Crippen molar-refractivity contribution in [3.8, 4) is 11.4 Å². The largest absolute Gasteiger partial charge is 0.481 e. The Balaban J connectivity index is 1.55. The lowest BCUT2D eigenvalue weighted by Crippen LogP contribution is -2.34. The predicted octanol–water partition coefficient (Wildman–Crippen LogP) is 2.05. The summed E-state index contributed by atoms with van der Waals surface area (Å²) in [5, 5.41) is 17.0. The molecule has 1 atom stereocenters. The van der Waals surface area contributed by atoms with Gasteiger partial charge in [-0.25, -0.2) is 0 Å². The number of aryl methyl sites for hydroxylation is 1. The van der Waals surface area contributed by atoms with Crippen LogP contribution in [0.15, 0.2) is 21.3 Å². The third kappa shape index (κ3) is 3.26. The zero-order chi connectivity index (χ0) is 16.4. The van der Waals surface area contributed by atoms with Gasteiger partial charge in [0.2, 0.25) is 17.6 Å². The van der Waals surface area contributed by atoms with Gasteiger partial charge in [-0.15, -0.1) is 0 Å². The molecule has 122 valence electrons. The topological polar surface area (TPSA) is 96.5 Å². The van der Waals surface area contributed by atoms with E-state index in [-0.39, 0.29) is 18.9 Å². The summed E-state index contributed by atoms with van der Waals surface area (Å²) in [5.74, 6) is 0.00318. The molecule has 23 heavy (non-hydrogen) atoms. The Labute approximate surface area is 136 Å². The zero-order valence-electron chi connectivity index (χ0n) is 12.7. The minimum atomic E-state index is -0.856. The van der Waals surface area contributed by atoms with Crippen molar-refractivity contribution in [2.45, 2.75) is 26.2 Å². The van der Waals surface area contributed by atoms with Crippen molar-refractivity contribution in [3.05, 3.63) is 22.7 Å². The number of carboxylic acid groups (broad SMARTS) is 1. The summed E-state index contributed by atoms with van der Waals surface area (Å²) in [7, 11) is 0. The minimum absolute atomic E-state index is 0.0785. The molecule has 1 aliphatic heterocycles. The summed E-state index contributed by atoms with van der Waals surface area (Å²) in [6.07, 6.45) is 1.08. The van der Waals surface area contributed by atoms with Gasteiger partial charge in [0.25, 0.3) is 0 Å². The van der Waals surface area contributed by atoms with Gasteiger partial charge in [-0.1, -0.05) is 5.16 Å². The molecule has 0 saturated carbocycles. The van der Waals surface area contributed by atoms with Crippen molar-refractivity contribution < 1.29 is 19.2 Å². The van der Waals surface area contributed by atoms with Crippen molar-refractivity contribution in [3.63, 3.8) is 0 Å². The van der Waals surface area contributed by atoms with Gasteiger partial charge in [-0.3, -0.25) is 9.59 Å². The van der Waals surface area contributed by atoms with E-state index in [4.69, 9.17) is 4.52 Å². The van der Waals surface area contributed by atoms with E-state index < -0.39 is 11.4 Å². The second-order valence-corrected chi connectivity index (χ2v) is 6.73. The fourth-order valence-corrected chi connectivity index (χ4v) is 3.22. The van der Waals surface area contributed by atoms with E-state index in [1.165, 1.54) is 0 Å². The molecular weight excluding hydrogens is 318 g/mol. The number of likely N-dealkylation sites (tertiary alicyclic amines) is 1. The predicted molar refractivity (Wildman–Crippen MR) is 82.9 cm³/mol. The highest BCUT2D eigenvalue weighted by Crippen LogP contribution is 2.30. The van der Waals surface area contributed by atoms with Crippen LogP contribution in [0.5, 0.6) is 0 Å². The number of hydrogen-bond acceptors (Lipinski definition) is 6. The third-order valence-corrected chi connectivity index (χ3v) is 4.83. The summed E-state index contributed by atoms with van der Waals surface area (Å²) in [6, 6.07) is 1.90. The summed E-state index contributed by atoms with van der Waals surface area (Å²) in [4.78, 5) is 29.3. The Kier molecular flexibility index (Phi) is 4.16. The lowest BCUT2D eigenvalue weighted by atomic mass is 9.90. The van der Waals surface area contributed by atoms with Crippen molar-refractivity contribution in [1.29, 1.82) is 0 Å². The Hall–Kier alpha value is -2.22. The quantitative estimate of drug-likeness (QED) is 0.898. The van der Waals surface area contributed by atoms with Crippen LogP contribution >= 0.6 is 11.3 Å². The molecule has 8 heteroatoms. The Morgan fingerprint density at radius 1 is 1.52 bits per heavy atom. The first-order valence-electron chi connectivity index (χ1n) is 7.34. The number of thiophene rings is 1. The molecule has 1 aliphatic rings. The second kappa shape index (κ2) is 6.11. The fourth-order valence-electron chi connectivity index (χ4n) is 2.59. The minimum Gasteiger partial charge on any atom is -0.481 e. The maximum Gasteiger partial charge on any atom is 0.311 e. The van der Waals surface area contributed by atoms with E-state index in [1.54, 1.807) is 23.2 Å². The molecule has 3 rings (SSSR count). The number of carbonyl (C=O) groups is 2. The molecular formula is C15H17N3O4S. The van der Waals surface area contributed by atoms with Crippen molar-refractivity contribution in [2.24, 2.45) is 5.41 Å². The average molecular weight is 335 g/mol.